The standard InChI is InChI=1S/C10H12F3N3O3S/c1-5-4-20-8(14-5)16-9(7(18)19-3,10(11,12)13)15-6(2)17/h4H,1-3H3,(H,14,16)(H,15,17)/t9-/m1/s1. The molecule has 6 nitrogen and oxygen atoms in total. The molecule has 0 aliphatic carbocycles. The number of aryl methyl sites for hydroxylation is 1. The molecule has 1 rings (SSSR count). The molecule has 0 unspecified atom stereocenters. The van der Waals surface area contributed by atoms with Gasteiger partial charge in [0, 0.05) is 12.3 Å². The number of anilines is 1. The number of amides is 1. The van der Waals surface area contributed by atoms with E-state index in [0.29, 0.717) is 5.69 Å². The highest BCUT2D eigenvalue weighted by Crippen LogP contribution is 2.33. The number of hydrogen-bond acceptors (Lipinski definition) is 6. The lowest BCUT2D eigenvalue weighted by molar-refractivity contribution is -0.206. The summed E-state index contributed by atoms with van der Waals surface area (Å²) >= 11 is 0.866. The van der Waals surface area contributed by atoms with Crippen LogP contribution in [0.25, 0.3) is 0 Å². The fourth-order valence-corrected chi connectivity index (χ4v) is 2.12. The number of nitrogens with one attached hydrogen (secondary N) is 2. The van der Waals surface area contributed by atoms with E-state index in [1.54, 1.807) is 12.2 Å². The van der Waals surface area contributed by atoms with Crippen molar-refractivity contribution in [1.82, 2.24) is 10.3 Å². The van der Waals surface area contributed by atoms with E-state index in [4.69, 9.17) is 0 Å². The highest BCUT2D eigenvalue weighted by Gasteiger charge is 2.63. The van der Waals surface area contributed by atoms with Gasteiger partial charge in [-0.05, 0) is 6.92 Å². The lowest BCUT2D eigenvalue weighted by atomic mass is 10.1. The number of esters is 1. The van der Waals surface area contributed by atoms with E-state index >= 15 is 0 Å². The van der Waals surface area contributed by atoms with Crippen molar-refractivity contribution in [3.63, 3.8) is 0 Å². The highest BCUT2D eigenvalue weighted by molar-refractivity contribution is 7.13. The van der Waals surface area contributed by atoms with E-state index in [0.717, 1.165) is 25.4 Å². The van der Waals surface area contributed by atoms with Gasteiger partial charge in [0.15, 0.2) is 5.13 Å². The summed E-state index contributed by atoms with van der Waals surface area (Å²) in [5, 5.41) is 4.80. The van der Waals surface area contributed by atoms with Gasteiger partial charge in [-0.3, -0.25) is 4.79 Å². The monoisotopic (exact) mass is 311 g/mol. The molecule has 1 amide bonds. The van der Waals surface area contributed by atoms with Crippen molar-refractivity contribution in [2.75, 3.05) is 12.4 Å². The Kier molecular flexibility index (Phi) is 4.58. The van der Waals surface area contributed by atoms with Crippen molar-refractivity contribution in [2.45, 2.75) is 25.7 Å². The molecule has 0 saturated heterocycles. The zero-order valence-electron chi connectivity index (χ0n) is 10.8. The Labute approximate surface area is 116 Å². The lowest BCUT2D eigenvalue weighted by Crippen LogP contribution is -2.69. The predicted molar refractivity (Wildman–Crippen MR) is 65.1 cm³/mol. The van der Waals surface area contributed by atoms with Crippen LogP contribution >= 0.6 is 11.3 Å². The second-order valence-electron chi connectivity index (χ2n) is 3.84. The van der Waals surface area contributed by atoms with Crippen LogP contribution in [0.4, 0.5) is 18.3 Å². The van der Waals surface area contributed by atoms with Crippen molar-refractivity contribution in [1.29, 1.82) is 0 Å². The number of methoxy groups -OCH3 is 1. The number of rotatable bonds is 4. The van der Waals surface area contributed by atoms with Gasteiger partial charge in [0.1, 0.15) is 0 Å². The Morgan fingerprint density at radius 1 is 1.40 bits per heavy atom. The largest absolute Gasteiger partial charge is 0.466 e. The minimum Gasteiger partial charge on any atom is -0.466 e. The molecule has 2 N–H and O–H groups in total. The molecule has 0 bridgehead atoms. The maximum Gasteiger partial charge on any atom is 0.442 e. The average molecular weight is 311 g/mol. The maximum atomic E-state index is 13.3. The smallest absolute Gasteiger partial charge is 0.442 e. The molecule has 0 aromatic carbocycles. The quantitative estimate of drug-likeness (QED) is 0.649. The molecule has 20 heavy (non-hydrogen) atoms. The number of aromatic nitrogens is 1. The number of halogens is 3. The topological polar surface area (TPSA) is 80.3 Å². The number of thiazole rings is 1. The zero-order chi connectivity index (χ0) is 15.6. The van der Waals surface area contributed by atoms with Crippen LogP contribution in [0.3, 0.4) is 0 Å². The number of alkyl halides is 3. The Morgan fingerprint density at radius 2 is 2.00 bits per heavy atom. The van der Waals surface area contributed by atoms with Crippen molar-refractivity contribution in [2.24, 2.45) is 0 Å². The van der Waals surface area contributed by atoms with Gasteiger partial charge in [-0.25, -0.2) is 9.78 Å². The van der Waals surface area contributed by atoms with Gasteiger partial charge in [-0.15, -0.1) is 11.3 Å². The summed E-state index contributed by atoms with van der Waals surface area (Å²) in [4.78, 5) is 26.4. The summed E-state index contributed by atoms with van der Waals surface area (Å²) in [5.41, 5.74) is -2.90. The van der Waals surface area contributed by atoms with E-state index in [9.17, 15) is 22.8 Å². The third-order valence-electron chi connectivity index (χ3n) is 2.19. The molecular formula is C10H12F3N3O3S. The van der Waals surface area contributed by atoms with E-state index < -0.39 is 23.7 Å². The van der Waals surface area contributed by atoms with Crippen LogP contribution in [0.2, 0.25) is 0 Å². The van der Waals surface area contributed by atoms with Crippen LogP contribution in [-0.2, 0) is 14.3 Å². The molecule has 10 heteroatoms. The van der Waals surface area contributed by atoms with E-state index in [2.05, 4.69) is 9.72 Å². The Hall–Kier alpha value is -1.84. The molecular weight excluding hydrogens is 299 g/mol. The number of nitrogens with zero attached hydrogens (tertiary/aromatic N) is 1. The summed E-state index contributed by atoms with van der Waals surface area (Å²) in [7, 11) is 0.791. The maximum absolute atomic E-state index is 13.3. The van der Waals surface area contributed by atoms with Gasteiger partial charge < -0.3 is 15.4 Å². The second-order valence-corrected chi connectivity index (χ2v) is 4.70. The minimum absolute atomic E-state index is 0.168. The minimum atomic E-state index is -5.12. The van der Waals surface area contributed by atoms with E-state index in [1.807, 2.05) is 5.32 Å². The van der Waals surface area contributed by atoms with Gasteiger partial charge in [-0.2, -0.15) is 13.2 Å². The first-order valence-corrected chi connectivity index (χ1v) is 6.14. The van der Waals surface area contributed by atoms with Crippen LogP contribution in [0, 0.1) is 6.92 Å². The van der Waals surface area contributed by atoms with Crippen molar-refractivity contribution < 1.29 is 27.5 Å². The van der Waals surface area contributed by atoms with Gasteiger partial charge >= 0.3 is 17.8 Å². The summed E-state index contributed by atoms with van der Waals surface area (Å²) in [6.07, 6.45) is -5.12. The fourth-order valence-electron chi connectivity index (χ4n) is 1.38. The first-order chi connectivity index (χ1) is 9.12. The van der Waals surface area contributed by atoms with Crippen molar-refractivity contribution in [3.8, 4) is 0 Å². The Bertz CT molecular complexity index is 517. The van der Waals surface area contributed by atoms with Crippen LogP contribution in [-0.4, -0.2) is 35.8 Å². The number of ether oxygens (including phenoxy) is 1. The summed E-state index contributed by atoms with van der Waals surface area (Å²) < 4.78 is 44.0. The zero-order valence-corrected chi connectivity index (χ0v) is 11.6. The Morgan fingerprint density at radius 3 is 2.35 bits per heavy atom. The summed E-state index contributed by atoms with van der Waals surface area (Å²) in [6.45, 7) is 2.44. The van der Waals surface area contributed by atoms with Crippen LogP contribution in [0.15, 0.2) is 5.38 Å². The molecule has 0 aliphatic rings. The van der Waals surface area contributed by atoms with Gasteiger partial charge in [0.25, 0.3) is 0 Å². The molecule has 1 aromatic heterocycles. The van der Waals surface area contributed by atoms with Crippen LogP contribution in [0.5, 0.6) is 0 Å². The van der Waals surface area contributed by atoms with E-state index in [1.165, 1.54) is 5.38 Å². The number of hydrogen-bond donors (Lipinski definition) is 2. The Balaban J connectivity index is 3.28. The summed E-state index contributed by atoms with van der Waals surface area (Å²) in [6, 6.07) is 0. The molecule has 112 valence electrons. The number of carbonyl (C=O) groups is 2. The molecule has 0 aliphatic heterocycles. The first kappa shape index (κ1) is 16.2. The highest BCUT2D eigenvalue weighted by atomic mass is 32.1. The third-order valence-corrected chi connectivity index (χ3v) is 3.07. The predicted octanol–water partition coefficient (Wildman–Crippen LogP) is 1.43. The molecule has 0 saturated carbocycles. The SMILES string of the molecule is COC(=O)[C@@](NC(C)=O)(Nc1nc(C)cs1)C(F)(F)F. The lowest BCUT2D eigenvalue weighted by Gasteiger charge is -2.33. The van der Waals surface area contributed by atoms with Gasteiger partial charge in [0.2, 0.25) is 5.91 Å². The van der Waals surface area contributed by atoms with Crippen LogP contribution < -0.4 is 10.6 Å². The van der Waals surface area contributed by atoms with Gasteiger partial charge in [0.05, 0.1) is 12.8 Å². The molecule has 1 heterocycles. The molecule has 1 atom stereocenters. The van der Waals surface area contributed by atoms with Gasteiger partial charge in [-0.1, -0.05) is 0 Å². The van der Waals surface area contributed by atoms with Crippen molar-refractivity contribution in [3.05, 3.63) is 11.1 Å². The molecule has 0 spiro atoms. The number of carbonyl (C=O) groups excluding carboxylic acids is 2. The average Bonchev–Trinajstić information content (AvgIpc) is 2.70. The fraction of sp³-hybridized carbons (Fsp3) is 0.500. The van der Waals surface area contributed by atoms with E-state index in [-0.39, 0.29) is 5.13 Å². The summed E-state index contributed by atoms with van der Waals surface area (Å²) in [5.74, 6) is -2.73. The third kappa shape index (κ3) is 3.18. The molecule has 0 radical (unpaired) electrons. The second kappa shape index (κ2) is 5.65. The van der Waals surface area contributed by atoms with Crippen molar-refractivity contribution >= 4 is 28.3 Å². The molecule has 0 fully saturated rings. The van der Waals surface area contributed by atoms with Crippen LogP contribution in [0.1, 0.15) is 12.6 Å². The normalized spacial score (nSPS) is 14.3. The first-order valence-electron chi connectivity index (χ1n) is 5.26. The molecule has 1 aromatic rings.